The molecule has 4 saturated carbocycles. The molecule has 0 aliphatic heterocycles. The summed E-state index contributed by atoms with van der Waals surface area (Å²) >= 11 is 0. The van der Waals surface area contributed by atoms with Crippen molar-refractivity contribution >= 4 is 23.8 Å². The number of rotatable bonds is 9. The minimum atomic E-state index is -1.04. The van der Waals surface area contributed by atoms with Crippen molar-refractivity contribution in [1.82, 2.24) is 5.32 Å². The fourth-order valence-corrected chi connectivity index (χ4v) is 10.0. The highest BCUT2D eigenvalue weighted by Gasteiger charge is 2.61. The number of hydrogen-bond donors (Lipinski definition) is 1. The van der Waals surface area contributed by atoms with Gasteiger partial charge < -0.3 is 19.5 Å². The average molecular weight is 638 g/mol. The summed E-state index contributed by atoms with van der Waals surface area (Å²) in [4.78, 5) is 51.1. The third-order valence-electron chi connectivity index (χ3n) is 12.2. The number of ether oxygens (including phenoxy) is 3. The van der Waals surface area contributed by atoms with E-state index in [0.717, 1.165) is 44.1 Å². The van der Waals surface area contributed by atoms with E-state index in [2.05, 4.69) is 19.2 Å². The van der Waals surface area contributed by atoms with Crippen molar-refractivity contribution in [3.63, 3.8) is 0 Å². The highest BCUT2D eigenvalue weighted by Crippen LogP contribution is 2.67. The van der Waals surface area contributed by atoms with Gasteiger partial charge in [-0.2, -0.15) is 0 Å². The van der Waals surface area contributed by atoms with Crippen LogP contribution in [0.1, 0.15) is 118 Å². The van der Waals surface area contributed by atoms with Gasteiger partial charge >= 0.3 is 18.0 Å². The van der Waals surface area contributed by atoms with Gasteiger partial charge in [-0.25, -0.2) is 9.59 Å². The van der Waals surface area contributed by atoms with Crippen LogP contribution in [0.2, 0.25) is 0 Å². The van der Waals surface area contributed by atoms with E-state index >= 15 is 0 Å². The fraction of sp³-hybridized carbons (Fsp3) is 0.737. The van der Waals surface area contributed by atoms with E-state index in [1.165, 1.54) is 19.3 Å². The molecule has 0 heterocycles. The molecular formula is C38H55NO7. The summed E-state index contributed by atoms with van der Waals surface area (Å²) in [5, 5.41) is 2.60. The van der Waals surface area contributed by atoms with Crippen LogP contribution < -0.4 is 5.32 Å². The standard InChI is InChI=1S/C38H55NO7/c1-24(40)29-14-15-30-28-13-12-26-22-27(18-20-37(26,5)31(28)19-21-38(29,30)6)45-33(41)17-16-32(39-35(43)46-36(2,3)4)34(42)44-23-25-10-8-7-9-11-25/h7-11,26-32H,12-23H2,1-6H3,(H,39,43)/t26-,27-,28?,29?,30?,31?,32+,37+,38-/m1/s1. The summed E-state index contributed by atoms with van der Waals surface area (Å²) in [6, 6.07) is 8.28. The van der Waals surface area contributed by atoms with E-state index in [4.69, 9.17) is 14.2 Å². The Bertz CT molecular complexity index is 1270. The zero-order valence-electron chi connectivity index (χ0n) is 28.8. The molecule has 254 valence electrons. The third-order valence-corrected chi connectivity index (χ3v) is 12.2. The van der Waals surface area contributed by atoms with Crippen molar-refractivity contribution in [2.24, 2.45) is 40.4 Å². The number of benzene rings is 1. The molecule has 4 aliphatic carbocycles. The predicted molar refractivity (Wildman–Crippen MR) is 174 cm³/mol. The molecule has 8 heteroatoms. The maximum absolute atomic E-state index is 13.1. The number of esters is 2. The maximum atomic E-state index is 13.1. The second-order valence-corrected chi connectivity index (χ2v) is 16.2. The van der Waals surface area contributed by atoms with Crippen molar-refractivity contribution in [3.8, 4) is 0 Å². The van der Waals surface area contributed by atoms with Crippen LogP contribution in [-0.4, -0.2) is 41.6 Å². The van der Waals surface area contributed by atoms with Gasteiger partial charge in [0.25, 0.3) is 0 Å². The molecule has 5 rings (SSSR count). The number of carbonyl (C=O) groups excluding carboxylic acids is 4. The lowest BCUT2D eigenvalue weighted by atomic mass is 9.44. The van der Waals surface area contributed by atoms with Crippen LogP contribution >= 0.6 is 0 Å². The summed E-state index contributed by atoms with van der Waals surface area (Å²) < 4.78 is 16.9. The van der Waals surface area contributed by atoms with E-state index in [1.54, 1.807) is 27.7 Å². The van der Waals surface area contributed by atoms with E-state index in [1.807, 2.05) is 30.3 Å². The fourth-order valence-electron chi connectivity index (χ4n) is 10.0. The van der Waals surface area contributed by atoms with Gasteiger partial charge in [0.15, 0.2) is 0 Å². The third kappa shape index (κ3) is 7.46. The number of amides is 1. The molecule has 4 fully saturated rings. The molecule has 1 aromatic rings. The van der Waals surface area contributed by atoms with Gasteiger partial charge in [-0.15, -0.1) is 0 Å². The lowest BCUT2D eigenvalue weighted by molar-refractivity contribution is -0.163. The van der Waals surface area contributed by atoms with Gasteiger partial charge in [0.05, 0.1) is 0 Å². The van der Waals surface area contributed by atoms with E-state index < -0.39 is 23.7 Å². The number of fused-ring (bicyclic) bond motifs is 5. The van der Waals surface area contributed by atoms with Crippen molar-refractivity contribution in [3.05, 3.63) is 35.9 Å². The molecule has 0 saturated heterocycles. The SMILES string of the molecule is CC(=O)C1CCC2C3CC[C@@H]4C[C@H](OC(=O)CC[C@H](NC(=O)OC(C)(C)C)C(=O)OCc5ccccc5)CC[C@]4(C)C3CC[C@]12C. The first kappa shape index (κ1) is 34.4. The highest BCUT2D eigenvalue weighted by atomic mass is 16.6. The Morgan fingerprint density at radius 2 is 1.61 bits per heavy atom. The van der Waals surface area contributed by atoms with Crippen LogP contribution in [0.5, 0.6) is 0 Å². The van der Waals surface area contributed by atoms with Crippen molar-refractivity contribution in [2.45, 2.75) is 137 Å². The van der Waals surface area contributed by atoms with Gasteiger partial charge in [0, 0.05) is 12.3 Å². The summed E-state index contributed by atoms with van der Waals surface area (Å²) in [6.45, 7) is 12.0. The number of alkyl carbamates (subject to hydrolysis) is 1. The molecule has 0 radical (unpaired) electrons. The zero-order valence-corrected chi connectivity index (χ0v) is 28.8. The van der Waals surface area contributed by atoms with Crippen LogP contribution in [0.4, 0.5) is 4.79 Å². The molecule has 4 unspecified atom stereocenters. The maximum Gasteiger partial charge on any atom is 0.408 e. The summed E-state index contributed by atoms with van der Waals surface area (Å²) in [5.74, 6) is 2.16. The quantitative estimate of drug-likeness (QED) is 0.220. The molecule has 1 aromatic carbocycles. The van der Waals surface area contributed by atoms with Crippen LogP contribution in [0.15, 0.2) is 30.3 Å². The van der Waals surface area contributed by atoms with Gasteiger partial charge in [-0.3, -0.25) is 9.59 Å². The Labute approximate surface area is 275 Å². The van der Waals surface area contributed by atoms with Crippen molar-refractivity contribution in [1.29, 1.82) is 0 Å². The first-order chi connectivity index (χ1) is 21.7. The lowest BCUT2D eigenvalue weighted by Crippen LogP contribution is -2.54. The van der Waals surface area contributed by atoms with Gasteiger partial charge in [-0.1, -0.05) is 44.2 Å². The summed E-state index contributed by atoms with van der Waals surface area (Å²) in [5.41, 5.74) is 0.497. The van der Waals surface area contributed by atoms with Crippen LogP contribution in [0, 0.1) is 40.4 Å². The number of Topliss-reactive ketones (excluding diaryl/α,β-unsaturated/α-hetero) is 1. The number of nitrogens with one attached hydrogen (secondary N) is 1. The second kappa shape index (κ2) is 13.7. The minimum absolute atomic E-state index is 0.0123. The summed E-state index contributed by atoms with van der Waals surface area (Å²) in [6.07, 6.45) is 8.90. The molecule has 4 aliphatic rings. The van der Waals surface area contributed by atoms with Crippen LogP contribution in [0.3, 0.4) is 0 Å². The Kier molecular flexibility index (Phi) is 10.2. The van der Waals surface area contributed by atoms with Gasteiger partial charge in [-0.05, 0) is 132 Å². The summed E-state index contributed by atoms with van der Waals surface area (Å²) in [7, 11) is 0. The molecular weight excluding hydrogens is 582 g/mol. The Balaban J connectivity index is 1.15. The monoisotopic (exact) mass is 637 g/mol. The lowest BCUT2D eigenvalue weighted by Gasteiger charge is -2.61. The molecule has 8 nitrogen and oxygen atoms in total. The number of carbonyl (C=O) groups is 4. The first-order valence-electron chi connectivity index (χ1n) is 17.6. The van der Waals surface area contributed by atoms with Crippen molar-refractivity contribution < 1.29 is 33.4 Å². The molecule has 0 aromatic heterocycles. The minimum Gasteiger partial charge on any atom is -0.462 e. The largest absolute Gasteiger partial charge is 0.462 e. The van der Waals surface area contributed by atoms with E-state index in [9.17, 15) is 19.2 Å². The Morgan fingerprint density at radius 3 is 2.30 bits per heavy atom. The smallest absolute Gasteiger partial charge is 0.408 e. The van der Waals surface area contributed by atoms with Crippen molar-refractivity contribution in [2.75, 3.05) is 0 Å². The van der Waals surface area contributed by atoms with Gasteiger partial charge in [0.1, 0.15) is 30.1 Å². The van der Waals surface area contributed by atoms with Crippen LogP contribution in [0.25, 0.3) is 0 Å². The highest BCUT2D eigenvalue weighted by molar-refractivity contribution is 5.82. The zero-order chi connectivity index (χ0) is 33.3. The van der Waals surface area contributed by atoms with Gasteiger partial charge in [0.2, 0.25) is 0 Å². The topological polar surface area (TPSA) is 108 Å². The van der Waals surface area contributed by atoms with E-state index in [0.29, 0.717) is 29.5 Å². The Morgan fingerprint density at radius 1 is 0.913 bits per heavy atom. The average Bonchev–Trinajstić information content (AvgIpc) is 3.35. The molecule has 0 spiro atoms. The Hall–Kier alpha value is -2.90. The molecule has 9 atom stereocenters. The number of ketones is 1. The predicted octanol–water partition coefficient (Wildman–Crippen LogP) is 7.56. The molecule has 46 heavy (non-hydrogen) atoms. The normalized spacial score (nSPS) is 34.2. The second-order valence-electron chi connectivity index (χ2n) is 16.2. The molecule has 1 N–H and O–H groups in total. The molecule has 1 amide bonds. The van der Waals surface area contributed by atoms with E-state index in [-0.39, 0.29) is 48.3 Å². The first-order valence-corrected chi connectivity index (χ1v) is 17.6. The molecule has 0 bridgehead atoms. The van der Waals surface area contributed by atoms with Crippen LogP contribution in [-0.2, 0) is 35.2 Å². The number of hydrogen-bond acceptors (Lipinski definition) is 7.